The Morgan fingerprint density at radius 3 is 2.26 bits per heavy atom. The molecule has 0 heterocycles. The number of nitrogens with zero attached hydrogens (tertiary/aromatic N) is 2. The summed E-state index contributed by atoms with van der Waals surface area (Å²) in [4.78, 5) is 6.69. The SMILES string of the molecule is CCNC(=NCC(C)C)NCC(c1ccc(F)cc1)N(C)C.I. The molecule has 1 aromatic carbocycles. The van der Waals surface area contributed by atoms with E-state index in [0.29, 0.717) is 12.5 Å². The molecular weight excluding hydrogens is 406 g/mol. The molecule has 1 rings (SSSR count). The quantitative estimate of drug-likeness (QED) is 0.392. The van der Waals surface area contributed by atoms with Gasteiger partial charge in [-0.3, -0.25) is 4.99 Å². The minimum atomic E-state index is -0.207. The molecule has 0 saturated carbocycles. The van der Waals surface area contributed by atoms with Crippen LogP contribution >= 0.6 is 24.0 Å². The molecule has 1 unspecified atom stereocenters. The van der Waals surface area contributed by atoms with E-state index in [4.69, 9.17) is 0 Å². The number of aliphatic imine (C=N–C) groups is 1. The summed E-state index contributed by atoms with van der Waals surface area (Å²) < 4.78 is 13.1. The van der Waals surface area contributed by atoms with Crippen LogP contribution in [0.4, 0.5) is 4.39 Å². The van der Waals surface area contributed by atoms with E-state index in [0.717, 1.165) is 24.6 Å². The molecule has 0 aliphatic rings. The first-order chi connectivity index (χ1) is 10.4. The first kappa shape index (κ1) is 22.1. The number of nitrogens with one attached hydrogen (secondary N) is 2. The molecule has 0 saturated heterocycles. The molecule has 0 aliphatic carbocycles. The van der Waals surface area contributed by atoms with Crippen molar-refractivity contribution in [1.29, 1.82) is 0 Å². The van der Waals surface area contributed by atoms with Gasteiger partial charge in [-0.15, -0.1) is 24.0 Å². The third-order valence-corrected chi connectivity index (χ3v) is 3.30. The maximum atomic E-state index is 13.1. The Balaban J connectivity index is 0.00000484. The maximum absolute atomic E-state index is 13.1. The van der Waals surface area contributed by atoms with Gasteiger partial charge in [-0.05, 0) is 44.6 Å². The largest absolute Gasteiger partial charge is 0.357 e. The zero-order valence-electron chi connectivity index (χ0n) is 14.8. The number of hydrogen-bond donors (Lipinski definition) is 2. The highest BCUT2D eigenvalue weighted by atomic mass is 127. The van der Waals surface area contributed by atoms with Gasteiger partial charge in [-0.25, -0.2) is 4.39 Å². The smallest absolute Gasteiger partial charge is 0.191 e. The maximum Gasteiger partial charge on any atom is 0.191 e. The van der Waals surface area contributed by atoms with Gasteiger partial charge in [0.2, 0.25) is 0 Å². The molecule has 0 aliphatic heterocycles. The lowest BCUT2D eigenvalue weighted by atomic mass is 10.1. The minimum absolute atomic E-state index is 0. The van der Waals surface area contributed by atoms with Gasteiger partial charge in [0.05, 0.1) is 6.04 Å². The van der Waals surface area contributed by atoms with Gasteiger partial charge >= 0.3 is 0 Å². The molecule has 1 atom stereocenters. The van der Waals surface area contributed by atoms with Crippen molar-refractivity contribution in [2.75, 3.05) is 33.7 Å². The van der Waals surface area contributed by atoms with Crippen molar-refractivity contribution in [3.8, 4) is 0 Å². The first-order valence-corrected chi connectivity index (χ1v) is 7.88. The predicted octanol–water partition coefficient (Wildman–Crippen LogP) is 3.26. The van der Waals surface area contributed by atoms with Crippen LogP contribution in [0.25, 0.3) is 0 Å². The number of likely N-dealkylation sites (N-methyl/N-ethyl adjacent to an activating group) is 1. The molecule has 0 aromatic heterocycles. The Hall–Kier alpha value is -0.890. The Kier molecular flexibility index (Phi) is 11.2. The predicted molar refractivity (Wildman–Crippen MR) is 107 cm³/mol. The second-order valence-electron chi connectivity index (χ2n) is 6.03. The molecule has 132 valence electrons. The topological polar surface area (TPSA) is 39.7 Å². The molecule has 0 fully saturated rings. The monoisotopic (exact) mass is 436 g/mol. The first-order valence-electron chi connectivity index (χ1n) is 7.88. The van der Waals surface area contributed by atoms with Crippen LogP contribution < -0.4 is 10.6 Å². The van der Waals surface area contributed by atoms with Gasteiger partial charge in [0.25, 0.3) is 0 Å². The fourth-order valence-corrected chi connectivity index (χ4v) is 2.09. The molecule has 1 aromatic rings. The third-order valence-electron chi connectivity index (χ3n) is 3.30. The lowest BCUT2D eigenvalue weighted by molar-refractivity contribution is 0.298. The molecule has 0 radical (unpaired) electrons. The molecule has 0 bridgehead atoms. The third kappa shape index (κ3) is 8.50. The lowest BCUT2D eigenvalue weighted by Gasteiger charge is -2.26. The molecule has 0 spiro atoms. The average Bonchev–Trinajstić information content (AvgIpc) is 2.46. The Labute approximate surface area is 157 Å². The van der Waals surface area contributed by atoms with E-state index >= 15 is 0 Å². The van der Waals surface area contributed by atoms with Crippen LogP contribution in [-0.2, 0) is 0 Å². The van der Waals surface area contributed by atoms with Gasteiger partial charge in [-0.2, -0.15) is 0 Å². The van der Waals surface area contributed by atoms with E-state index in [9.17, 15) is 4.39 Å². The summed E-state index contributed by atoms with van der Waals surface area (Å²) >= 11 is 0. The van der Waals surface area contributed by atoms with Gasteiger partial charge in [0.15, 0.2) is 5.96 Å². The van der Waals surface area contributed by atoms with Crippen molar-refractivity contribution in [2.24, 2.45) is 10.9 Å². The summed E-state index contributed by atoms with van der Waals surface area (Å²) in [6.07, 6.45) is 0. The minimum Gasteiger partial charge on any atom is -0.357 e. The van der Waals surface area contributed by atoms with Crippen LogP contribution in [-0.4, -0.2) is 44.6 Å². The van der Waals surface area contributed by atoms with Crippen LogP contribution in [0.15, 0.2) is 29.3 Å². The Bertz CT molecular complexity index is 460. The van der Waals surface area contributed by atoms with Crippen LogP contribution in [0.2, 0.25) is 0 Å². The standard InChI is InChI=1S/C17H29FN4.HI/c1-6-19-17(20-11-13(2)3)21-12-16(22(4)5)14-7-9-15(18)10-8-14;/h7-10,13,16H,6,11-12H2,1-5H3,(H2,19,20,21);1H. The fraction of sp³-hybridized carbons (Fsp3) is 0.588. The van der Waals surface area contributed by atoms with Gasteiger partial charge in [0, 0.05) is 19.6 Å². The van der Waals surface area contributed by atoms with E-state index in [1.807, 2.05) is 26.2 Å². The summed E-state index contributed by atoms with van der Waals surface area (Å²) in [5, 5.41) is 6.63. The summed E-state index contributed by atoms with van der Waals surface area (Å²) in [6, 6.07) is 6.83. The number of guanidine groups is 1. The van der Waals surface area contributed by atoms with Crippen molar-refractivity contribution in [1.82, 2.24) is 15.5 Å². The van der Waals surface area contributed by atoms with E-state index in [2.05, 4.69) is 41.3 Å². The highest BCUT2D eigenvalue weighted by Crippen LogP contribution is 2.17. The molecule has 2 N–H and O–H groups in total. The van der Waals surface area contributed by atoms with E-state index in [1.54, 1.807) is 0 Å². The van der Waals surface area contributed by atoms with Gasteiger partial charge in [0.1, 0.15) is 5.82 Å². The number of hydrogen-bond acceptors (Lipinski definition) is 2. The van der Waals surface area contributed by atoms with Crippen molar-refractivity contribution in [2.45, 2.75) is 26.8 Å². The van der Waals surface area contributed by atoms with Gasteiger partial charge in [-0.1, -0.05) is 26.0 Å². The van der Waals surface area contributed by atoms with E-state index in [1.165, 1.54) is 12.1 Å². The second-order valence-corrected chi connectivity index (χ2v) is 6.03. The van der Waals surface area contributed by atoms with E-state index in [-0.39, 0.29) is 35.8 Å². The second kappa shape index (κ2) is 11.6. The molecule has 0 amide bonds. The number of halogens is 2. The van der Waals surface area contributed by atoms with Crippen molar-refractivity contribution in [3.63, 3.8) is 0 Å². The Morgan fingerprint density at radius 2 is 1.78 bits per heavy atom. The van der Waals surface area contributed by atoms with Gasteiger partial charge < -0.3 is 15.5 Å². The normalized spacial score (nSPS) is 13.0. The highest BCUT2D eigenvalue weighted by Gasteiger charge is 2.14. The van der Waals surface area contributed by atoms with Crippen LogP contribution in [0.5, 0.6) is 0 Å². The highest BCUT2D eigenvalue weighted by molar-refractivity contribution is 14.0. The van der Waals surface area contributed by atoms with Crippen molar-refractivity contribution in [3.05, 3.63) is 35.6 Å². The summed E-state index contributed by atoms with van der Waals surface area (Å²) in [5.74, 6) is 1.14. The average molecular weight is 436 g/mol. The Morgan fingerprint density at radius 1 is 1.17 bits per heavy atom. The fourth-order valence-electron chi connectivity index (χ4n) is 2.09. The van der Waals surface area contributed by atoms with Crippen molar-refractivity contribution < 1.29 is 4.39 Å². The molecule has 23 heavy (non-hydrogen) atoms. The summed E-state index contributed by atoms with van der Waals surface area (Å²) in [5.41, 5.74) is 1.08. The van der Waals surface area contributed by atoms with E-state index < -0.39 is 0 Å². The summed E-state index contributed by atoms with van der Waals surface area (Å²) in [6.45, 7) is 8.67. The number of rotatable bonds is 7. The van der Waals surface area contributed by atoms with Crippen LogP contribution in [0, 0.1) is 11.7 Å². The zero-order chi connectivity index (χ0) is 16.5. The van der Waals surface area contributed by atoms with Crippen LogP contribution in [0.1, 0.15) is 32.4 Å². The molecule has 4 nitrogen and oxygen atoms in total. The van der Waals surface area contributed by atoms with Crippen molar-refractivity contribution >= 4 is 29.9 Å². The summed E-state index contributed by atoms with van der Waals surface area (Å²) in [7, 11) is 4.04. The molecule has 6 heteroatoms. The zero-order valence-corrected chi connectivity index (χ0v) is 17.1. The lowest BCUT2D eigenvalue weighted by Crippen LogP contribution is -2.42. The van der Waals surface area contributed by atoms with Crippen LogP contribution in [0.3, 0.4) is 0 Å². The molecular formula is C17H30FIN4. The number of benzene rings is 1.